The van der Waals surface area contributed by atoms with E-state index in [4.69, 9.17) is 5.11 Å². The van der Waals surface area contributed by atoms with Gasteiger partial charge >= 0.3 is 5.97 Å². The second-order valence-electron chi connectivity index (χ2n) is 4.56. The summed E-state index contributed by atoms with van der Waals surface area (Å²) in [5.41, 5.74) is -0.987. The summed E-state index contributed by atoms with van der Waals surface area (Å²) < 4.78 is 0.904. The number of aliphatic carboxylic acids is 1. The van der Waals surface area contributed by atoms with E-state index < -0.39 is 23.0 Å². The highest BCUT2D eigenvalue weighted by molar-refractivity contribution is 5.77. The highest BCUT2D eigenvalue weighted by Crippen LogP contribution is 2.01. The molecule has 0 atom stereocenters. The molecule has 110 valence electrons. The second kappa shape index (κ2) is 6.69. The lowest BCUT2D eigenvalue weighted by Crippen LogP contribution is -2.43. The molecule has 0 aliphatic heterocycles. The molecule has 0 unspecified atom stereocenters. The van der Waals surface area contributed by atoms with Crippen LogP contribution in [0.3, 0.4) is 0 Å². The lowest BCUT2D eigenvalue weighted by Gasteiger charge is -2.26. The third kappa shape index (κ3) is 4.38. The van der Waals surface area contributed by atoms with Crippen molar-refractivity contribution >= 4 is 11.9 Å². The Balaban J connectivity index is 2.85. The number of aromatic amines is 1. The van der Waals surface area contributed by atoms with Crippen LogP contribution in [0, 0.1) is 0 Å². The molecule has 20 heavy (non-hydrogen) atoms. The van der Waals surface area contributed by atoms with Crippen LogP contribution in [0.1, 0.15) is 20.3 Å². The molecule has 1 aromatic rings. The molecule has 0 aliphatic rings. The highest BCUT2D eigenvalue weighted by Gasteiger charge is 2.18. The molecular formula is C12H17N3O5. The maximum atomic E-state index is 12.1. The minimum atomic E-state index is -1.01. The molecule has 8 heteroatoms. The average molecular weight is 283 g/mol. The van der Waals surface area contributed by atoms with Crippen molar-refractivity contribution in [3.8, 4) is 0 Å². The Hall–Kier alpha value is -2.38. The molecule has 0 bridgehead atoms. The van der Waals surface area contributed by atoms with Gasteiger partial charge in [0, 0.05) is 24.7 Å². The van der Waals surface area contributed by atoms with Gasteiger partial charge in [-0.05, 0) is 13.8 Å². The van der Waals surface area contributed by atoms with Crippen LogP contribution in [-0.4, -0.2) is 44.3 Å². The summed E-state index contributed by atoms with van der Waals surface area (Å²) in [5, 5.41) is 10.9. The van der Waals surface area contributed by atoms with Crippen LogP contribution in [0.15, 0.2) is 21.7 Å². The Morgan fingerprint density at radius 2 is 2.00 bits per heavy atom. The molecule has 0 aliphatic carbocycles. The van der Waals surface area contributed by atoms with Crippen molar-refractivity contribution in [1.82, 2.24) is 14.7 Å². The van der Waals surface area contributed by atoms with Crippen molar-refractivity contribution < 1.29 is 14.7 Å². The van der Waals surface area contributed by atoms with Gasteiger partial charge in [-0.25, -0.2) is 4.68 Å². The number of H-pyrrole nitrogens is 1. The molecule has 0 spiro atoms. The molecule has 0 fully saturated rings. The Labute approximate surface area is 114 Å². The van der Waals surface area contributed by atoms with Gasteiger partial charge in [0.25, 0.3) is 11.1 Å². The summed E-state index contributed by atoms with van der Waals surface area (Å²) in [6, 6.07) is 1.95. The minimum Gasteiger partial charge on any atom is -0.481 e. The number of hydrogen-bond donors (Lipinski definition) is 2. The van der Waals surface area contributed by atoms with E-state index in [-0.39, 0.29) is 25.6 Å². The molecule has 0 aromatic carbocycles. The maximum Gasteiger partial charge on any atom is 0.305 e. The van der Waals surface area contributed by atoms with Gasteiger partial charge in [-0.1, -0.05) is 0 Å². The molecule has 0 saturated carbocycles. The smallest absolute Gasteiger partial charge is 0.305 e. The number of carboxylic acids is 1. The number of nitrogens with zero attached hydrogens (tertiary/aromatic N) is 2. The van der Waals surface area contributed by atoms with Crippen molar-refractivity contribution in [2.24, 2.45) is 0 Å². The molecule has 1 rings (SSSR count). The first kappa shape index (κ1) is 15.7. The van der Waals surface area contributed by atoms with E-state index in [0.717, 1.165) is 16.8 Å². The summed E-state index contributed by atoms with van der Waals surface area (Å²) in [4.78, 5) is 46.6. The van der Waals surface area contributed by atoms with Crippen molar-refractivity contribution in [2.45, 2.75) is 32.9 Å². The number of rotatable bonds is 6. The monoisotopic (exact) mass is 283 g/mol. The summed E-state index contributed by atoms with van der Waals surface area (Å²) in [5.74, 6) is -1.43. The molecule has 2 N–H and O–H groups in total. The summed E-state index contributed by atoms with van der Waals surface area (Å²) >= 11 is 0. The van der Waals surface area contributed by atoms with Crippen LogP contribution in [0.25, 0.3) is 0 Å². The lowest BCUT2D eigenvalue weighted by molar-refractivity contribution is -0.139. The topological polar surface area (TPSA) is 112 Å². The van der Waals surface area contributed by atoms with E-state index in [9.17, 15) is 19.2 Å². The first-order valence-electron chi connectivity index (χ1n) is 6.12. The Kier molecular flexibility index (Phi) is 5.24. The Morgan fingerprint density at radius 3 is 2.55 bits per heavy atom. The van der Waals surface area contributed by atoms with Crippen molar-refractivity contribution in [3.05, 3.63) is 32.8 Å². The van der Waals surface area contributed by atoms with Gasteiger partial charge in [0.1, 0.15) is 6.54 Å². The van der Waals surface area contributed by atoms with E-state index in [0.29, 0.717) is 0 Å². The summed E-state index contributed by atoms with van der Waals surface area (Å²) in [7, 11) is 0. The number of carbonyl (C=O) groups excluding carboxylic acids is 1. The molecule has 1 heterocycles. The first-order chi connectivity index (χ1) is 9.31. The van der Waals surface area contributed by atoms with E-state index >= 15 is 0 Å². The molecule has 1 aromatic heterocycles. The molecule has 8 nitrogen and oxygen atoms in total. The highest BCUT2D eigenvalue weighted by atomic mass is 16.4. The van der Waals surface area contributed by atoms with E-state index in [1.165, 1.54) is 4.90 Å². The van der Waals surface area contributed by atoms with Crippen LogP contribution < -0.4 is 11.1 Å². The first-order valence-corrected chi connectivity index (χ1v) is 6.12. The van der Waals surface area contributed by atoms with E-state index in [1.54, 1.807) is 13.8 Å². The normalized spacial score (nSPS) is 10.6. The fraction of sp³-hybridized carbons (Fsp3) is 0.500. The second-order valence-corrected chi connectivity index (χ2v) is 4.56. The molecule has 0 saturated heterocycles. The number of hydrogen-bond acceptors (Lipinski definition) is 4. The third-order valence-electron chi connectivity index (χ3n) is 2.69. The zero-order valence-corrected chi connectivity index (χ0v) is 11.3. The number of carboxylic acid groups (broad SMARTS) is 1. The van der Waals surface area contributed by atoms with Crippen molar-refractivity contribution in [3.63, 3.8) is 0 Å². The van der Waals surface area contributed by atoms with Crippen molar-refractivity contribution in [2.75, 3.05) is 6.54 Å². The van der Waals surface area contributed by atoms with Crippen LogP contribution >= 0.6 is 0 Å². The number of amides is 1. The Bertz CT molecular complexity index is 602. The lowest BCUT2D eigenvalue weighted by atomic mass is 10.2. The van der Waals surface area contributed by atoms with Crippen LogP contribution in [-0.2, 0) is 16.1 Å². The van der Waals surface area contributed by atoms with Gasteiger partial charge in [0.2, 0.25) is 5.91 Å². The Morgan fingerprint density at radius 1 is 1.35 bits per heavy atom. The average Bonchev–Trinajstić information content (AvgIpc) is 2.33. The minimum absolute atomic E-state index is 0.0532. The SMILES string of the molecule is CC(C)N(CCC(=O)O)C(=O)Cn1[nH]c(=O)ccc1=O. The molecular weight excluding hydrogens is 266 g/mol. The fourth-order valence-corrected chi connectivity index (χ4v) is 1.69. The predicted octanol–water partition coefficient (Wildman–Crippen LogP) is -0.752. The fourth-order valence-electron chi connectivity index (χ4n) is 1.69. The number of carbonyl (C=O) groups is 2. The van der Waals surface area contributed by atoms with Gasteiger partial charge in [0.15, 0.2) is 0 Å². The molecule has 0 radical (unpaired) electrons. The summed E-state index contributed by atoms with van der Waals surface area (Å²) in [6.45, 7) is 3.22. The van der Waals surface area contributed by atoms with Gasteiger partial charge in [0.05, 0.1) is 6.42 Å². The summed E-state index contributed by atoms with van der Waals surface area (Å²) in [6.07, 6.45) is -0.176. The zero-order valence-electron chi connectivity index (χ0n) is 11.3. The van der Waals surface area contributed by atoms with Crippen LogP contribution in [0.4, 0.5) is 0 Å². The maximum absolute atomic E-state index is 12.1. The standard InChI is InChI=1S/C12H17N3O5/c1-8(2)14(6-5-12(19)20)11(18)7-15-10(17)4-3-9(16)13-15/h3-4,8H,5-7H2,1-2H3,(H,13,16)(H,19,20). The van der Waals surface area contributed by atoms with Gasteiger partial charge in [-0.15, -0.1) is 0 Å². The van der Waals surface area contributed by atoms with Gasteiger partial charge in [-0.3, -0.25) is 24.3 Å². The quantitative estimate of drug-likeness (QED) is 0.713. The van der Waals surface area contributed by atoms with E-state index in [2.05, 4.69) is 5.10 Å². The number of aromatic nitrogens is 2. The van der Waals surface area contributed by atoms with Gasteiger partial charge < -0.3 is 10.0 Å². The van der Waals surface area contributed by atoms with Gasteiger partial charge in [-0.2, -0.15) is 0 Å². The zero-order chi connectivity index (χ0) is 15.3. The third-order valence-corrected chi connectivity index (χ3v) is 2.69. The molecule has 1 amide bonds. The number of nitrogens with one attached hydrogen (secondary N) is 1. The van der Waals surface area contributed by atoms with Crippen molar-refractivity contribution in [1.29, 1.82) is 0 Å². The van der Waals surface area contributed by atoms with Crippen LogP contribution in [0.5, 0.6) is 0 Å². The predicted molar refractivity (Wildman–Crippen MR) is 70.4 cm³/mol. The largest absolute Gasteiger partial charge is 0.481 e. The van der Waals surface area contributed by atoms with E-state index in [1.807, 2.05) is 0 Å². The van der Waals surface area contributed by atoms with Crippen LogP contribution in [0.2, 0.25) is 0 Å².